The summed E-state index contributed by atoms with van der Waals surface area (Å²) in [5.74, 6) is -3.51. The number of alkyl halides is 2. The van der Waals surface area contributed by atoms with Crippen LogP contribution >= 0.6 is 7.60 Å². The van der Waals surface area contributed by atoms with Gasteiger partial charge in [0.1, 0.15) is 17.6 Å². The van der Waals surface area contributed by atoms with E-state index in [1.54, 1.807) is 0 Å². The SMILES string of the molecule is CC(=O)N[C@@H](Cc1ccc(C(F)(F)P(=O)(O)O)cc1)C(=O)NC1(C(=O)N[C@@H](CC(N)=O)C(=O)NCCCc2cccc3ccccc23)CCCCC1. The maximum atomic E-state index is 14.2. The highest BCUT2D eigenvalue weighted by Crippen LogP contribution is 2.59. The molecule has 2 atom stereocenters. The summed E-state index contributed by atoms with van der Waals surface area (Å²) in [6.45, 7) is 1.42. The molecule has 1 aliphatic rings. The Balaban J connectivity index is 1.44. The third kappa shape index (κ3) is 10.2. The zero-order valence-electron chi connectivity index (χ0n) is 28.7. The van der Waals surface area contributed by atoms with Gasteiger partial charge in [-0.3, -0.25) is 28.5 Å². The lowest BCUT2D eigenvalue weighted by atomic mass is 9.80. The minimum Gasteiger partial charge on any atom is -0.370 e. The molecule has 13 nitrogen and oxygen atoms in total. The molecule has 1 aliphatic carbocycles. The Morgan fingerprint density at radius 3 is 2.17 bits per heavy atom. The highest BCUT2D eigenvalue weighted by atomic mass is 31.2. The van der Waals surface area contributed by atoms with Crippen LogP contribution in [0.3, 0.4) is 0 Å². The first-order valence-corrected chi connectivity index (χ1v) is 18.6. The first kappa shape index (κ1) is 40.1. The van der Waals surface area contributed by atoms with Crippen LogP contribution in [0.4, 0.5) is 8.78 Å². The summed E-state index contributed by atoms with van der Waals surface area (Å²) in [4.78, 5) is 83.0. The third-order valence-electron chi connectivity index (χ3n) is 9.13. The number of fused-ring (bicyclic) bond motifs is 1. The number of carbonyl (C=O) groups is 5. The Kier molecular flexibility index (Phi) is 13.2. The minimum absolute atomic E-state index is 0.194. The van der Waals surface area contributed by atoms with E-state index in [-0.39, 0.29) is 31.4 Å². The van der Waals surface area contributed by atoms with E-state index in [1.165, 1.54) is 6.92 Å². The van der Waals surface area contributed by atoms with Crippen LogP contribution in [0.1, 0.15) is 68.6 Å². The molecular weight excluding hydrogens is 699 g/mol. The second-order valence-corrected chi connectivity index (χ2v) is 14.8. The van der Waals surface area contributed by atoms with Gasteiger partial charge in [-0.25, -0.2) is 0 Å². The number of benzene rings is 3. The highest BCUT2D eigenvalue weighted by molar-refractivity contribution is 7.52. The number of carbonyl (C=O) groups excluding carboxylic acids is 5. The smallest absolute Gasteiger partial charge is 0.370 e. The fourth-order valence-electron chi connectivity index (χ4n) is 6.42. The molecule has 0 radical (unpaired) electrons. The van der Waals surface area contributed by atoms with E-state index in [4.69, 9.17) is 15.5 Å². The van der Waals surface area contributed by atoms with Crippen LogP contribution in [0.5, 0.6) is 0 Å². The van der Waals surface area contributed by atoms with Crippen molar-refractivity contribution in [1.29, 1.82) is 0 Å². The number of rotatable bonds is 16. The average Bonchev–Trinajstić information content (AvgIpc) is 3.09. The van der Waals surface area contributed by atoms with Gasteiger partial charge in [0.25, 0.3) is 0 Å². The lowest BCUT2D eigenvalue weighted by molar-refractivity contribution is -0.139. The van der Waals surface area contributed by atoms with Crippen LogP contribution in [0, 0.1) is 0 Å². The van der Waals surface area contributed by atoms with Crippen molar-refractivity contribution in [3.63, 3.8) is 0 Å². The van der Waals surface area contributed by atoms with Gasteiger partial charge < -0.3 is 36.8 Å². The number of halogens is 2. The van der Waals surface area contributed by atoms with E-state index in [0.29, 0.717) is 25.7 Å². The van der Waals surface area contributed by atoms with Crippen LogP contribution in [-0.4, -0.2) is 63.5 Å². The van der Waals surface area contributed by atoms with Gasteiger partial charge in [-0.15, -0.1) is 0 Å². The van der Waals surface area contributed by atoms with E-state index in [2.05, 4.69) is 21.3 Å². The zero-order chi connectivity index (χ0) is 38.1. The van der Waals surface area contributed by atoms with Crippen LogP contribution in [0.25, 0.3) is 10.8 Å². The molecule has 280 valence electrons. The lowest BCUT2D eigenvalue weighted by Crippen LogP contribution is -2.65. The quantitative estimate of drug-likeness (QED) is 0.0853. The van der Waals surface area contributed by atoms with Gasteiger partial charge in [0.05, 0.1) is 6.42 Å². The molecule has 5 amide bonds. The van der Waals surface area contributed by atoms with Crippen molar-refractivity contribution in [2.75, 3.05) is 6.54 Å². The fraction of sp³-hybridized carbons (Fsp3) is 0.417. The normalized spacial score (nSPS) is 15.6. The zero-order valence-corrected chi connectivity index (χ0v) is 29.6. The molecule has 0 aromatic heterocycles. The number of nitrogens with one attached hydrogen (secondary N) is 4. The van der Waals surface area contributed by atoms with Crippen molar-refractivity contribution in [3.05, 3.63) is 83.4 Å². The first-order valence-electron chi connectivity index (χ1n) is 17.0. The van der Waals surface area contributed by atoms with Gasteiger partial charge in [-0.2, -0.15) is 8.78 Å². The molecule has 4 rings (SSSR count). The number of aryl methyl sites for hydroxylation is 1. The fourth-order valence-corrected chi connectivity index (χ4v) is 6.90. The molecule has 3 aromatic carbocycles. The van der Waals surface area contributed by atoms with Crippen LogP contribution < -0.4 is 27.0 Å². The van der Waals surface area contributed by atoms with Gasteiger partial charge in [0, 0.05) is 25.5 Å². The van der Waals surface area contributed by atoms with E-state index in [1.807, 2.05) is 42.5 Å². The summed E-state index contributed by atoms with van der Waals surface area (Å²) in [5.41, 5.74) is -0.0405. The molecule has 0 aliphatic heterocycles. The number of amides is 5. The van der Waals surface area contributed by atoms with E-state index < -0.39 is 72.4 Å². The minimum atomic E-state index is -5.80. The van der Waals surface area contributed by atoms with Crippen LogP contribution in [0.2, 0.25) is 0 Å². The summed E-state index contributed by atoms with van der Waals surface area (Å²) in [5, 5.41) is 12.9. The molecule has 3 aromatic rings. The Labute approximate surface area is 299 Å². The van der Waals surface area contributed by atoms with Gasteiger partial charge in [0.2, 0.25) is 29.5 Å². The predicted octanol–water partition coefficient (Wildman–Crippen LogP) is 3.04. The molecule has 0 bridgehead atoms. The lowest BCUT2D eigenvalue weighted by Gasteiger charge is -2.38. The molecule has 52 heavy (non-hydrogen) atoms. The maximum Gasteiger partial charge on any atom is 0.399 e. The summed E-state index contributed by atoms with van der Waals surface area (Å²) in [7, 11) is -5.80. The van der Waals surface area contributed by atoms with E-state index in [9.17, 15) is 37.3 Å². The second-order valence-electron chi connectivity index (χ2n) is 13.1. The van der Waals surface area contributed by atoms with Gasteiger partial charge in [-0.1, -0.05) is 86.0 Å². The van der Waals surface area contributed by atoms with Gasteiger partial charge >= 0.3 is 13.3 Å². The van der Waals surface area contributed by atoms with Crippen molar-refractivity contribution >= 4 is 47.9 Å². The number of hydrogen-bond donors (Lipinski definition) is 7. The summed E-state index contributed by atoms with van der Waals surface area (Å²) in [6, 6.07) is 15.3. The largest absolute Gasteiger partial charge is 0.399 e. The topological polar surface area (TPSA) is 217 Å². The van der Waals surface area contributed by atoms with E-state index in [0.717, 1.165) is 47.0 Å². The number of hydrogen-bond acceptors (Lipinski definition) is 6. The summed E-state index contributed by atoms with van der Waals surface area (Å²) < 4.78 is 39.6. The molecule has 8 N–H and O–H groups in total. The monoisotopic (exact) mass is 743 g/mol. The van der Waals surface area contributed by atoms with Crippen molar-refractivity contribution < 1.29 is 47.1 Å². The van der Waals surface area contributed by atoms with Gasteiger partial charge in [0.15, 0.2) is 0 Å². The van der Waals surface area contributed by atoms with Crippen LogP contribution in [0.15, 0.2) is 66.7 Å². The summed E-state index contributed by atoms with van der Waals surface area (Å²) in [6.07, 6.45) is 2.81. The highest BCUT2D eigenvalue weighted by Gasteiger charge is 2.50. The molecule has 0 saturated heterocycles. The van der Waals surface area contributed by atoms with Crippen LogP contribution in [-0.2, 0) is 47.0 Å². The third-order valence-corrected chi connectivity index (χ3v) is 10.1. The molecule has 1 fully saturated rings. The van der Waals surface area contributed by atoms with Crippen molar-refractivity contribution in [1.82, 2.24) is 21.3 Å². The van der Waals surface area contributed by atoms with E-state index >= 15 is 0 Å². The standard InChI is InChI=1S/C36H44F2N5O8P/c1-23(44)41-29(21-24-14-16-27(17-15-24)36(37,38)52(49,50)51)33(47)43-35(18-5-2-6-19-35)34(48)42-30(22-31(39)45)32(46)40-20-8-12-26-11-7-10-25-9-3-4-13-28(25)26/h3-4,7,9-11,13-17,29-30H,2,5-6,8,12,18-22H2,1H3,(H2,39,45)(H,40,46)(H,41,44)(H,42,48)(H,43,47)(H2,49,50,51)/t29-,30-/m0/s1. The molecule has 16 heteroatoms. The van der Waals surface area contributed by atoms with Crippen molar-refractivity contribution in [2.45, 2.75) is 88.0 Å². The van der Waals surface area contributed by atoms with Gasteiger partial charge in [-0.05, 0) is 47.6 Å². The second kappa shape index (κ2) is 17.2. The maximum absolute atomic E-state index is 14.2. The molecule has 0 heterocycles. The Hall–Kier alpha value is -4.72. The number of nitrogens with two attached hydrogens (primary N) is 1. The molecule has 0 spiro atoms. The Bertz CT molecular complexity index is 1820. The summed E-state index contributed by atoms with van der Waals surface area (Å²) >= 11 is 0. The van der Waals surface area contributed by atoms with Crippen molar-refractivity contribution in [2.24, 2.45) is 5.73 Å². The predicted molar refractivity (Wildman–Crippen MR) is 189 cm³/mol. The molecule has 0 unspecified atom stereocenters. The first-order chi connectivity index (χ1) is 24.5. The Morgan fingerprint density at radius 1 is 0.885 bits per heavy atom. The molecular formula is C36H44F2N5O8P. The van der Waals surface area contributed by atoms with Crippen molar-refractivity contribution in [3.8, 4) is 0 Å². The number of primary amides is 1. The Morgan fingerprint density at radius 2 is 1.54 bits per heavy atom. The molecule has 1 saturated carbocycles. The average molecular weight is 744 g/mol.